The summed E-state index contributed by atoms with van der Waals surface area (Å²) in [7, 11) is 0. The standard InChI is InChI=1S/C11H22O2/c1-5-6-7-8-11(9(2)3)13-10(4)12/h9,11H,5-8H2,1-4H3. The monoisotopic (exact) mass is 186 g/mol. The molecule has 0 aliphatic rings. The molecule has 0 fully saturated rings. The van der Waals surface area contributed by atoms with E-state index in [-0.39, 0.29) is 12.1 Å². The Balaban J connectivity index is 3.74. The van der Waals surface area contributed by atoms with E-state index in [9.17, 15) is 4.79 Å². The Hall–Kier alpha value is -0.530. The van der Waals surface area contributed by atoms with Crippen LogP contribution in [0, 0.1) is 5.92 Å². The van der Waals surface area contributed by atoms with Crippen LogP contribution >= 0.6 is 0 Å². The van der Waals surface area contributed by atoms with Gasteiger partial charge >= 0.3 is 5.97 Å². The molecule has 2 nitrogen and oxygen atoms in total. The topological polar surface area (TPSA) is 26.3 Å². The lowest BCUT2D eigenvalue weighted by atomic mass is 10.0. The quantitative estimate of drug-likeness (QED) is 0.470. The fourth-order valence-corrected chi connectivity index (χ4v) is 1.34. The number of hydrogen-bond donors (Lipinski definition) is 0. The summed E-state index contributed by atoms with van der Waals surface area (Å²) in [4.78, 5) is 10.8. The van der Waals surface area contributed by atoms with Crippen LogP contribution in [-0.2, 0) is 9.53 Å². The number of hydrogen-bond acceptors (Lipinski definition) is 2. The van der Waals surface area contributed by atoms with Crippen molar-refractivity contribution in [3.05, 3.63) is 0 Å². The molecular formula is C11H22O2. The molecule has 0 aromatic rings. The largest absolute Gasteiger partial charge is 0.462 e. The van der Waals surface area contributed by atoms with Crippen molar-refractivity contribution in [3.8, 4) is 0 Å². The molecule has 1 atom stereocenters. The van der Waals surface area contributed by atoms with Gasteiger partial charge in [-0.3, -0.25) is 4.79 Å². The van der Waals surface area contributed by atoms with E-state index in [2.05, 4.69) is 20.8 Å². The maximum atomic E-state index is 10.8. The highest BCUT2D eigenvalue weighted by Gasteiger charge is 2.15. The number of carbonyl (C=O) groups is 1. The highest BCUT2D eigenvalue weighted by Crippen LogP contribution is 2.14. The SMILES string of the molecule is CCCCCC(OC(C)=O)C(C)C. The number of unbranched alkanes of at least 4 members (excludes halogenated alkanes) is 2. The first-order valence-electron chi connectivity index (χ1n) is 5.25. The van der Waals surface area contributed by atoms with E-state index in [0.717, 1.165) is 12.8 Å². The predicted octanol–water partition coefficient (Wildman–Crippen LogP) is 3.15. The number of ether oxygens (including phenoxy) is 1. The van der Waals surface area contributed by atoms with E-state index >= 15 is 0 Å². The zero-order valence-electron chi connectivity index (χ0n) is 9.30. The van der Waals surface area contributed by atoms with Crippen LogP contribution in [0.2, 0.25) is 0 Å². The van der Waals surface area contributed by atoms with E-state index < -0.39 is 0 Å². The Labute approximate surface area is 81.7 Å². The van der Waals surface area contributed by atoms with Crippen molar-refractivity contribution >= 4 is 5.97 Å². The molecule has 0 aliphatic carbocycles. The molecule has 0 N–H and O–H groups in total. The molecule has 0 amide bonds. The molecule has 0 heterocycles. The maximum absolute atomic E-state index is 10.8. The molecule has 78 valence electrons. The van der Waals surface area contributed by atoms with Crippen LogP contribution in [0.5, 0.6) is 0 Å². The van der Waals surface area contributed by atoms with E-state index in [0.29, 0.717) is 5.92 Å². The summed E-state index contributed by atoms with van der Waals surface area (Å²) in [5.41, 5.74) is 0. The van der Waals surface area contributed by atoms with Crippen molar-refractivity contribution in [1.29, 1.82) is 0 Å². The van der Waals surface area contributed by atoms with Gasteiger partial charge in [0.05, 0.1) is 0 Å². The summed E-state index contributed by atoms with van der Waals surface area (Å²) >= 11 is 0. The van der Waals surface area contributed by atoms with Crippen LogP contribution in [0.25, 0.3) is 0 Å². The zero-order chi connectivity index (χ0) is 10.3. The van der Waals surface area contributed by atoms with Crippen molar-refractivity contribution in [2.45, 2.75) is 59.5 Å². The lowest BCUT2D eigenvalue weighted by Gasteiger charge is -2.20. The third-order valence-corrected chi connectivity index (χ3v) is 2.15. The predicted molar refractivity (Wildman–Crippen MR) is 54.5 cm³/mol. The minimum atomic E-state index is -0.157. The third kappa shape index (κ3) is 6.62. The lowest BCUT2D eigenvalue weighted by molar-refractivity contribution is -0.148. The first kappa shape index (κ1) is 12.5. The van der Waals surface area contributed by atoms with Gasteiger partial charge in [-0.1, -0.05) is 33.6 Å². The zero-order valence-corrected chi connectivity index (χ0v) is 9.30. The average Bonchev–Trinajstić information content (AvgIpc) is 2.02. The Morgan fingerprint density at radius 3 is 2.31 bits per heavy atom. The fourth-order valence-electron chi connectivity index (χ4n) is 1.34. The fraction of sp³-hybridized carbons (Fsp3) is 0.909. The summed E-state index contributed by atoms with van der Waals surface area (Å²) in [6.07, 6.45) is 4.72. The van der Waals surface area contributed by atoms with E-state index in [1.807, 2.05) is 0 Å². The van der Waals surface area contributed by atoms with Gasteiger partial charge in [-0.05, 0) is 18.8 Å². The van der Waals surface area contributed by atoms with E-state index in [1.165, 1.54) is 19.8 Å². The van der Waals surface area contributed by atoms with Gasteiger partial charge in [-0.25, -0.2) is 0 Å². The first-order valence-corrected chi connectivity index (χ1v) is 5.25. The minimum absolute atomic E-state index is 0.115. The smallest absolute Gasteiger partial charge is 0.302 e. The second kappa shape index (κ2) is 6.93. The van der Waals surface area contributed by atoms with Gasteiger partial charge in [0.1, 0.15) is 6.10 Å². The maximum Gasteiger partial charge on any atom is 0.302 e. The van der Waals surface area contributed by atoms with E-state index in [1.54, 1.807) is 0 Å². The minimum Gasteiger partial charge on any atom is -0.462 e. The van der Waals surface area contributed by atoms with Crippen molar-refractivity contribution < 1.29 is 9.53 Å². The molecule has 0 aliphatic heterocycles. The lowest BCUT2D eigenvalue weighted by Crippen LogP contribution is -2.22. The van der Waals surface area contributed by atoms with Gasteiger partial charge in [0.15, 0.2) is 0 Å². The first-order chi connectivity index (χ1) is 6.07. The van der Waals surface area contributed by atoms with Crippen molar-refractivity contribution in [1.82, 2.24) is 0 Å². The summed E-state index contributed by atoms with van der Waals surface area (Å²) in [6.45, 7) is 7.85. The molecule has 0 saturated carbocycles. The summed E-state index contributed by atoms with van der Waals surface area (Å²) in [5.74, 6) is 0.274. The number of carbonyl (C=O) groups excluding carboxylic acids is 1. The van der Waals surface area contributed by atoms with E-state index in [4.69, 9.17) is 4.74 Å². The van der Waals surface area contributed by atoms with Crippen molar-refractivity contribution in [2.75, 3.05) is 0 Å². The van der Waals surface area contributed by atoms with Crippen LogP contribution in [0.15, 0.2) is 0 Å². The molecule has 0 saturated heterocycles. The summed E-state index contributed by atoms with van der Waals surface area (Å²) in [6, 6.07) is 0. The molecule has 0 aromatic carbocycles. The van der Waals surface area contributed by atoms with Crippen molar-refractivity contribution in [2.24, 2.45) is 5.92 Å². The molecule has 13 heavy (non-hydrogen) atoms. The van der Waals surface area contributed by atoms with Crippen LogP contribution < -0.4 is 0 Å². The van der Waals surface area contributed by atoms with Gasteiger partial charge in [0.2, 0.25) is 0 Å². The Bertz CT molecular complexity index is 141. The molecule has 2 heteroatoms. The second-order valence-electron chi connectivity index (χ2n) is 3.89. The van der Waals surface area contributed by atoms with Gasteiger partial charge < -0.3 is 4.74 Å². The van der Waals surface area contributed by atoms with Gasteiger partial charge in [0, 0.05) is 6.92 Å². The molecule has 0 spiro atoms. The Kier molecular flexibility index (Phi) is 6.65. The summed E-state index contributed by atoms with van der Waals surface area (Å²) in [5, 5.41) is 0. The third-order valence-electron chi connectivity index (χ3n) is 2.15. The number of esters is 1. The van der Waals surface area contributed by atoms with Crippen molar-refractivity contribution in [3.63, 3.8) is 0 Å². The van der Waals surface area contributed by atoms with Crippen LogP contribution in [0.1, 0.15) is 53.4 Å². The van der Waals surface area contributed by atoms with Crippen LogP contribution in [-0.4, -0.2) is 12.1 Å². The highest BCUT2D eigenvalue weighted by atomic mass is 16.5. The van der Waals surface area contributed by atoms with Gasteiger partial charge in [-0.15, -0.1) is 0 Å². The molecule has 0 rings (SSSR count). The average molecular weight is 186 g/mol. The highest BCUT2D eigenvalue weighted by molar-refractivity contribution is 5.66. The van der Waals surface area contributed by atoms with Crippen LogP contribution in [0.4, 0.5) is 0 Å². The molecule has 1 unspecified atom stereocenters. The number of rotatable bonds is 6. The van der Waals surface area contributed by atoms with Gasteiger partial charge in [0.25, 0.3) is 0 Å². The molecule has 0 bridgehead atoms. The molecule has 0 radical (unpaired) electrons. The van der Waals surface area contributed by atoms with Crippen LogP contribution in [0.3, 0.4) is 0 Å². The molecular weight excluding hydrogens is 164 g/mol. The normalized spacial score (nSPS) is 13.0. The Morgan fingerprint density at radius 1 is 1.31 bits per heavy atom. The van der Waals surface area contributed by atoms with Gasteiger partial charge in [-0.2, -0.15) is 0 Å². The second-order valence-corrected chi connectivity index (χ2v) is 3.89. The Morgan fingerprint density at radius 2 is 1.92 bits per heavy atom. The molecule has 0 aromatic heterocycles. The summed E-state index contributed by atoms with van der Waals surface area (Å²) < 4.78 is 5.22.